The van der Waals surface area contributed by atoms with E-state index < -0.39 is 11.7 Å². The molecule has 0 spiro atoms. The predicted molar refractivity (Wildman–Crippen MR) is 91.6 cm³/mol. The summed E-state index contributed by atoms with van der Waals surface area (Å²) in [6.07, 6.45) is 3.17. The van der Waals surface area contributed by atoms with Crippen LogP contribution in [0.1, 0.15) is 55.6 Å². The summed E-state index contributed by atoms with van der Waals surface area (Å²) in [5.74, 6) is 0.533. The van der Waals surface area contributed by atoms with Crippen LogP contribution in [0, 0.1) is 0 Å². The van der Waals surface area contributed by atoms with E-state index in [9.17, 15) is 13.2 Å². The number of rotatable bonds is 3. The molecule has 1 saturated carbocycles. The van der Waals surface area contributed by atoms with Gasteiger partial charge in [-0.2, -0.15) is 13.2 Å². The van der Waals surface area contributed by atoms with Crippen molar-refractivity contribution < 1.29 is 13.2 Å². The first-order valence-corrected chi connectivity index (χ1v) is 8.57. The molecule has 1 fully saturated rings. The Kier molecular flexibility index (Phi) is 5.12. The Morgan fingerprint density at radius 2 is 1.42 bits per heavy atom. The minimum absolute atomic E-state index is 0.533. The molecule has 1 N–H and O–H groups in total. The average molecular weight is 333 g/mol. The zero-order valence-corrected chi connectivity index (χ0v) is 13.6. The number of alkyl halides is 3. The summed E-state index contributed by atoms with van der Waals surface area (Å²) in [4.78, 5) is 0. The third-order valence-corrected chi connectivity index (χ3v) is 4.75. The largest absolute Gasteiger partial charge is 0.416 e. The van der Waals surface area contributed by atoms with Crippen LogP contribution >= 0.6 is 0 Å². The van der Waals surface area contributed by atoms with Crippen molar-refractivity contribution in [2.45, 2.75) is 50.6 Å². The Morgan fingerprint density at radius 1 is 0.792 bits per heavy atom. The molecule has 1 nitrogen and oxygen atoms in total. The number of anilines is 2. The monoisotopic (exact) mass is 333 g/mol. The van der Waals surface area contributed by atoms with E-state index in [4.69, 9.17) is 0 Å². The summed E-state index contributed by atoms with van der Waals surface area (Å²) in [7, 11) is 0. The van der Waals surface area contributed by atoms with E-state index in [1.807, 2.05) is 18.2 Å². The highest BCUT2D eigenvalue weighted by atomic mass is 19.4. The van der Waals surface area contributed by atoms with Crippen molar-refractivity contribution in [2.24, 2.45) is 0 Å². The quantitative estimate of drug-likeness (QED) is 0.603. The second-order valence-corrected chi connectivity index (χ2v) is 6.48. The minimum Gasteiger partial charge on any atom is -0.355 e. The van der Waals surface area contributed by atoms with Gasteiger partial charge in [-0.1, -0.05) is 43.9 Å². The van der Waals surface area contributed by atoms with Crippen molar-refractivity contribution in [3.8, 4) is 0 Å². The van der Waals surface area contributed by atoms with Crippen LogP contribution in [0.3, 0.4) is 0 Å². The normalized spacial score (nSPS) is 16.6. The number of halogens is 3. The smallest absolute Gasteiger partial charge is 0.355 e. The van der Waals surface area contributed by atoms with Crippen LogP contribution in [0.4, 0.5) is 24.5 Å². The van der Waals surface area contributed by atoms with E-state index >= 15 is 0 Å². The summed E-state index contributed by atoms with van der Waals surface area (Å²) < 4.78 is 38.0. The number of benzene rings is 2. The van der Waals surface area contributed by atoms with Gasteiger partial charge in [0.2, 0.25) is 0 Å². The van der Waals surface area contributed by atoms with Crippen molar-refractivity contribution in [3.05, 3.63) is 59.7 Å². The summed E-state index contributed by atoms with van der Waals surface area (Å²) in [6, 6.07) is 13.4. The van der Waals surface area contributed by atoms with Crippen molar-refractivity contribution in [1.82, 2.24) is 0 Å². The molecule has 4 heteroatoms. The lowest BCUT2D eigenvalue weighted by molar-refractivity contribution is -0.137. The first-order chi connectivity index (χ1) is 11.5. The zero-order valence-electron chi connectivity index (χ0n) is 13.6. The second-order valence-electron chi connectivity index (χ2n) is 6.48. The van der Waals surface area contributed by atoms with Crippen LogP contribution in [-0.2, 0) is 6.18 Å². The lowest BCUT2D eigenvalue weighted by Crippen LogP contribution is -2.05. The maximum Gasteiger partial charge on any atom is 0.416 e. The van der Waals surface area contributed by atoms with Gasteiger partial charge in [0.05, 0.1) is 5.56 Å². The second kappa shape index (κ2) is 7.29. The number of nitrogens with one attached hydrogen (secondary N) is 1. The van der Waals surface area contributed by atoms with Crippen LogP contribution in [0.25, 0.3) is 0 Å². The molecule has 0 bridgehead atoms. The highest BCUT2D eigenvalue weighted by Crippen LogP contribution is 2.37. The first kappa shape index (κ1) is 16.9. The molecule has 128 valence electrons. The molecule has 0 heterocycles. The van der Waals surface area contributed by atoms with Crippen LogP contribution in [0.5, 0.6) is 0 Å². The molecule has 3 rings (SSSR count). The summed E-state index contributed by atoms with van der Waals surface area (Å²) >= 11 is 0. The van der Waals surface area contributed by atoms with Crippen molar-refractivity contribution in [2.75, 3.05) is 5.32 Å². The summed E-state index contributed by atoms with van der Waals surface area (Å²) in [5, 5.41) is 3.30. The highest BCUT2D eigenvalue weighted by Gasteiger charge is 2.30. The molecular weight excluding hydrogens is 311 g/mol. The molecule has 0 aromatic heterocycles. The Morgan fingerprint density at radius 3 is 2.04 bits per heavy atom. The van der Waals surface area contributed by atoms with E-state index in [-0.39, 0.29) is 0 Å². The van der Waals surface area contributed by atoms with E-state index in [0.29, 0.717) is 11.6 Å². The van der Waals surface area contributed by atoms with E-state index in [1.54, 1.807) is 0 Å². The predicted octanol–water partition coefficient (Wildman–Crippen LogP) is 6.89. The fourth-order valence-electron chi connectivity index (χ4n) is 3.46. The molecule has 1 aliphatic carbocycles. The van der Waals surface area contributed by atoms with Gasteiger partial charge in [-0.25, -0.2) is 0 Å². The SMILES string of the molecule is FC(F)(F)c1ccc(Nc2ccccc2C2CCCCCC2)cc1. The molecule has 0 atom stereocenters. The van der Waals surface area contributed by atoms with E-state index in [0.717, 1.165) is 17.8 Å². The zero-order chi connectivity index (χ0) is 17.0. The molecular formula is C20H22F3N. The van der Waals surface area contributed by atoms with Crippen LogP contribution in [-0.4, -0.2) is 0 Å². The average Bonchev–Trinajstić information content (AvgIpc) is 2.84. The maximum absolute atomic E-state index is 12.7. The molecule has 24 heavy (non-hydrogen) atoms. The Hall–Kier alpha value is -1.97. The van der Waals surface area contributed by atoms with Gasteiger partial charge in [0.25, 0.3) is 0 Å². The lowest BCUT2D eigenvalue weighted by Gasteiger charge is -2.20. The Bertz CT molecular complexity index is 653. The fraction of sp³-hybridized carbons (Fsp3) is 0.400. The Labute approximate surface area is 140 Å². The molecule has 2 aromatic carbocycles. The van der Waals surface area contributed by atoms with Gasteiger partial charge >= 0.3 is 6.18 Å². The lowest BCUT2D eigenvalue weighted by atomic mass is 9.90. The number of hydrogen-bond acceptors (Lipinski definition) is 1. The number of hydrogen-bond donors (Lipinski definition) is 1. The van der Waals surface area contributed by atoms with Crippen LogP contribution in [0.15, 0.2) is 48.5 Å². The van der Waals surface area contributed by atoms with Gasteiger partial charge in [0.1, 0.15) is 0 Å². The van der Waals surface area contributed by atoms with Gasteiger partial charge in [0, 0.05) is 11.4 Å². The standard InChI is InChI=1S/C20H22F3N/c21-20(22,23)16-11-13-17(14-12-16)24-19-10-6-5-9-18(19)15-7-3-1-2-4-8-15/h5-6,9-15,24H,1-4,7-8H2. The molecule has 2 aromatic rings. The Balaban J connectivity index is 1.80. The van der Waals surface area contributed by atoms with Crippen molar-refractivity contribution >= 4 is 11.4 Å². The minimum atomic E-state index is -4.29. The van der Waals surface area contributed by atoms with Gasteiger partial charge in [-0.05, 0) is 54.7 Å². The topological polar surface area (TPSA) is 12.0 Å². The molecule has 1 aliphatic rings. The maximum atomic E-state index is 12.7. The van der Waals surface area contributed by atoms with E-state index in [2.05, 4.69) is 11.4 Å². The summed E-state index contributed by atoms with van der Waals surface area (Å²) in [6.45, 7) is 0. The molecule has 0 unspecified atom stereocenters. The van der Waals surface area contributed by atoms with Crippen LogP contribution in [0.2, 0.25) is 0 Å². The van der Waals surface area contributed by atoms with Gasteiger partial charge < -0.3 is 5.32 Å². The summed E-state index contributed by atoms with van der Waals surface area (Å²) in [5.41, 5.74) is 2.35. The van der Waals surface area contributed by atoms with Crippen molar-refractivity contribution in [1.29, 1.82) is 0 Å². The third kappa shape index (κ3) is 4.11. The van der Waals surface area contributed by atoms with E-state index in [1.165, 1.54) is 56.2 Å². The van der Waals surface area contributed by atoms with Gasteiger partial charge in [-0.15, -0.1) is 0 Å². The third-order valence-electron chi connectivity index (χ3n) is 4.75. The van der Waals surface area contributed by atoms with Crippen molar-refractivity contribution in [3.63, 3.8) is 0 Å². The van der Waals surface area contributed by atoms with Gasteiger partial charge in [-0.3, -0.25) is 0 Å². The molecule has 0 saturated heterocycles. The first-order valence-electron chi connectivity index (χ1n) is 8.57. The molecule has 0 aliphatic heterocycles. The van der Waals surface area contributed by atoms with Gasteiger partial charge in [0.15, 0.2) is 0 Å². The molecule has 0 radical (unpaired) electrons. The highest BCUT2D eigenvalue weighted by molar-refractivity contribution is 5.64. The molecule has 0 amide bonds. The van der Waals surface area contributed by atoms with Crippen LogP contribution < -0.4 is 5.32 Å². The number of para-hydroxylation sites is 1. The fourth-order valence-corrected chi connectivity index (χ4v) is 3.46.